The van der Waals surface area contributed by atoms with E-state index >= 15 is 0 Å². The Morgan fingerprint density at radius 3 is 2.45 bits per heavy atom. The van der Waals surface area contributed by atoms with Crippen LogP contribution in [0.25, 0.3) is 11.4 Å². The highest BCUT2D eigenvalue weighted by molar-refractivity contribution is 5.88. The van der Waals surface area contributed by atoms with Crippen molar-refractivity contribution in [3.05, 3.63) is 66.1 Å². The Morgan fingerprint density at radius 2 is 1.82 bits per heavy atom. The van der Waals surface area contributed by atoms with E-state index < -0.39 is 5.91 Å². The van der Waals surface area contributed by atoms with Crippen molar-refractivity contribution in [3.63, 3.8) is 0 Å². The summed E-state index contributed by atoms with van der Waals surface area (Å²) in [6.07, 6.45) is 0. The molecule has 0 unspecified atom stereocenters. The second-order valence-electron chi connectivity index (χ2n) is 4.59. The molecule has 22 heavy (non-hydrogen) atoms. The van der Waals surface area contributed by atoms with Crippen molar-refractivity contribution in [1.82, 2.24) is 10.1 Å². The second kappa shape index (κ2) is 6.09. The van der Waals surface area contributed by atoms with E-state index in [1.54, 1.807) is 24.3 Å². The Morgan fingerprint density at radius 1 is 1.09 bits per heavy atom. The number of nitrogens with two attached hydrogens (primary N) is 1. The zero-order chi connectivity index (χ0) is 15.4. The van der Waals surface area contributed by atoms with Gasteiger partial charge in [-0.05, 0) is 29.8 Å². The molecule has 0 saturated heterocycles. The lowest BCUT2D eigenvalue weighted by atomic mass is 10.2. The quantitative estimate of drug-likeness (QED) is 0.780. The van der Waals surface area contributed by atoms with Crippen LogP contribution in [0.4, 0.5) is 0 Å². The number of primary amides is 1. The minimum Gasteiger partial charge on any atom is -0.489 e. The second-order valence-corrected chi connectivity index (χ2v) is 4.59. The van der Waals surface area contributed by atoms with Gasteiger partial charge in [-0.15, -0.1) is 0 Å². The fourth-order valence-corrected chi connectivity index (χ4v) is 1.88. The van der Waals surface area contributed by atoms with E-state index in [-0.39, 0.29) is 5.89 Å². The summed E-state index contributed by atoms with van der Waals surface area (Å²) < 4.78 is 10.4. The molecule has 0 aliphatic heterocycles. The lowest BCUT2D eigenvalue weighted by Crippen LogP contribution is -2.10. The number of hydrogen-bond donors (Lipinski definition) is 1. The molecule has 0 aliphatic carbocycles. The van der Waals surface area contributed by atoms with E-state index in [9.17, 15) is 4.79 Å². The predicted molar refractivity (Wildman–Crippen MR) is 79.0 cm³/mol. The molecule has 0 fully saturated rings. The lowest BCUT2D eigenvalue weighted by Gasteiger charge is -2.06. The lowest BCUT2D eigenvalue weighted by molar-refractivity contribution is 0.0958. The molecule has 3 aromatic rings. The van der Waals surface area contributed by atoms with Gasteiger partial charge in [-0.25, -0.2) is 0 Å². The number of amides is 1. The number of rotatable bonds is 5. The summed E-state index contributed by atoms with van der Waals surface area (Å²) in [6.45, 7) is 0.494. The van der Waals surface area contributed by atoms with E-state index in [1.807, 2.05) is 30.3 Å². The third-order valence-electron chi connectivity index (χ3n) is 3.00. The molecule has 110 valence electrons. The van der Waals surface area contributed by atoms with Gasteiger partial charge in [0, 0.05) is 5.56 Å². The Hall–Kier alpha value is -3.15. The van der Waals surface area contributed by atoms with Crippen LogP contribution in [0.5, 0.6) is 5.75 Å². The maximum absolute atomic E-state index is 10.9. The minimum atomic E-state index is -0.749. The number of benzene rings is 2. The predicted octanol–water partition coefficient (Wildman–Crippen LogP) is 2.41. The Labute approximate surface area is 126 Å². The molecule has 0 aliphatic rings. The van der Waals surface area contributed by atoms with Crippen LogP contribution in [0.2, 0.25) is 0 Å². The number of hydrogen-bond acceptors (Lipinski definition) is 5. The minimum absolute atomic E-state index is 0.209. The average molecular weight is 295 g/mol. The van der Waals surface area contributed by atoms with Crippen molar-refractivity contribution in [3.8, 4) is 17.1 Å². The van der Waals surface area contributed by atoms with Crippen LogP contribution < -0.4 is 10.5 Å². The van der Waals surface area contributed by atoms with Crippen LogP contribution in [0.3, 0.4) is 0 Å². The largest absolute Gasteiger partial charge is 0.489 e. The SMILES string of the molecule is NC(=O)c1nc(-c2ccc(OCc3ccccc3)cc2)no1. The van der Waals surface area contributed by atoms with Crippen LogP contribution in [0.1, 0.15) is 16.2 Å². The first-order valence-electron chi connectivity index (χ1n) is 6.63. The molecule has 0 radical (unpaired) electrons. The summed E-state index contributed by atoms with van der Waals surface area (Å²) in [5.74, 6) is 0.0793. The molecular formula is C16H13N3O3. The molecule has 2 N–H and O–H groups in total. The highest BCUT2D eigenvalue weighted by Crippen LogP contribution is 2.20. The standard InChI is InChI=1S/C16H13N3O3/c17-14(20)16-18-15(19-22-16)12-6-8-13(9-7-12)21-10-11-4-2-1-3-5-11/h1-9H,10H2,(H2,17,20). The molecular weight excluding hydrogens is 282 g/mol. The molecule has 1 heterocycles. The first kappa shape index (κ1) is 13.8. The summed E-state index contributed by atoms with van der Waals surface area (Å²) >= 11 is 0. The van der Waals surface area contributed by atoms with E-state index in [0.29, 0.717) is 18.0 Å². The van der Waals surface area contributed by atoms with Crippen molar-refractivity contribution in [1.29, 1.82) is 0 Å². The van der Waals surface area contributed by atoms with E-state index in [0.717, 1.165) is 11.3 Å². The zero-order valence-electron chi connectivity index (χ0n) is 11.6. The smallest absolute Gasteiger partial charge is 0.316 e. The first-order chi connectivity index (χ1) is 10.7. The molecule has 6 heteroatoms. The number of ether oxygens (including phenoxy) is 1. The third kappa shape index (κ3) is 3.12. The molecule has 6 nitrogen and oxygen atoms in total. The van der Waals surface area contributed by atoms with Gasteiger partial charge in [0.2, 0.25) is 5.82 Å². The molecule has 2 aromatic carbocycles. The monoisotopic (exact) mass is 295 g/mol. The van der Waals surface area contributed by atoms with Gasteiger partial charge in [-0.1, -0.05) is 35.5 Å². The molecule has 1 amide bonds. The van der Waals surface area contributed by atoms with Gasteiger partial charge in [0.25, 0.3) is 0 Å². The number of carbonyl (C=O) groups excluding carboxylic acids is 1. The number of aromatic nitrogens is 2. The van der Waals surface area contributed by atoms with Gasteiger partial charge < -0.3 is 15.0 Å². The van der Waals surface area contributed by atoms with Gasteiger partial charge in [0.1, 0.15) is 12.4 Å². The van der Waals surface area contributed by atoms with Crippen molar-refractivity contribution < 1.29 is 14.1 Å². The van der Waals surface area contributed by atoms with Gasteiger partial charge >= 0.3 is 11.8 Å². The van der Waals surface area contributed by atoms with Gasteiger partial charge in [0.15, 0.2) is 0 Å². The zero-order valence-corrected chi connectivity index (χ0v) is 11.6. The summed E-state index contributed by atoms with van der Waals surface area (Å²) in [5, 5.41) is 3.70. The Bertz CT molecular complexity index is 767. The summed E-state index contributed by atoms with van der Waals surface area (Å²) in [5.41, 5.74) is 6.87. The van der Waals surface area contributed by atoms with Crippen molar-refractivity contribution in [2.24, 2.45) is 5.73 Å². The third-order valence-corrected chi connectivity index (χ3v) is 3.00. The van der Waals surface area contributed by atoms with Crippen LogP contribution in [0, 0.1) is 0 Å². The molecule has 0 bridgehead atoms. The van der Waals surface area contributed by atoms with Crippen LogP contribution >= 0.6 is 0 Å². The number of nitrogens with zero attached hydrogens (tertiary/aromatic N) is 2. The molecule has 3 rings (SSSR count). The molecule has 0 atom stereocenters. The van der Waals surface area contributed by atoms with E-state index in [1.165, 1.54) is 0 Å². The molecule has 0 saturated carbocycles. The fourth-order valence-electron chi connectivity index (χ4n) is 1.88. The van der Waals surface area contributed by atoms with E-state index in [2.05, 4.69) is 10.1 Å². The van der Waals surface area contributed by atoms with Crippen LogP contribution in [-0.4, -0.2) is 16.0 Å². The topological polar surface area (TPSA) is 91.2 Å². The summed E-state index contributed by atoms with van der Waals surface area (Å²) in [6, 6.07) is 17.1. The summed E-state index contributed by atoms with van der Waals surface area (Å²) in [4.78, 5) is 14.8. The van der Waals surface area contributed by atoms with E-state index in [4.69, 9.17) is 15.0 Å². The van der Waals surface area contributed by atoms with Gasteiger partial charge in [-0.3, -0.25) is 4.79 Å². The van der Waals surface area contributed by atoms with Crippen molar-refractivity contribution >= 4 is 5.91 Å². The maximum Gasteiger partial charge on any atom is 0.316 e. The average Bonchev–Trinajstić information content (AvgIpc) is 3.05. The van der Waals surface area contributed by atoms with Gasteiger partial charge in [-0.2, -0.15) is 4.98 Å². The highest BCUT2D eigenvalue weighted by atomic mass is 16.5. The Kier molecular flexibility index (Phi) is 3.82. The fraction of sp³-hybridized carbons (Fsp3) is 0.0625. The van der Waals surface area contributed by atoms with Crippen molar-refractivity contribution in [2.45, 2.75) is 6.61 Å². The highest BCUT2D eigenvalue weighted by Gasteiger charge is 2.12. The maximum atomic E-state index is 10.9. The molecule has 1 aromatic heterocycles. The molecule has 0 spiro atoms. The first-order valence-corrected chi connectivity index (χ1v) is 6.63. The van der Waals surface area contributed by atoms with Crippen molar-refractivity contribution in [2.75, 3.05) is 0 Å². The van der Waals surface area contributed by atoms with Crippen LogP contribution in [-0.2, 0) is 6.61 Å². The van der Waals surface area contributed by atoms with Crippen LogP contribution in [0.15, 0.2) is 59.1 Å². The van der Waals surface area contributed by atoms with Gasteiger partial charge in [0.05, 0.1) is 0 Å². The normalized spacial score (nSPS) is 10.4. The number of carbonyl (C=O) groups is 1. The Balaban J connectivity index is 1.68. The summed E-state index contributed by atoms with van der Waals surface area (Å²) in [7, 11) is 0.